The van der Waals surface area contributed by atoms with Crippen molar-refractivity contribution >= 4 is 5.78 Å². The molecule has 1 aromatic heterocycles. The van der Waals surface area contributed by atoms with Gasteiger partial charge in [-0.15, -0.1) is 0 Å². The van der Waals surface area contributed by atoms with Crippen molar-refractivity contribution < 1.29 is 4.79 Å². The van der Waals surface area contributed by atoms with Gasteiger partial charge in [-0.1, -0.05) is 0 Å². The molecule has 0 saturated heterocycles. The number of nitrogens with zero attached hydrogens (tertiary/aromatic N) is 2. The second kappa shape index (κ2) is 3.50. The van der Waals surface area contributed by atoms with Crippen molar-refractivity contribution in [1.29, 1.82) is 0 Å². The van der Waals surface area contributed by atoms with Crippen LogP contribution in [0.25, 0.3) is 0 Å². The lowest BCUT2D eigenvalue weighted by molar-refractivity contribution is -0.122. The molecule has 0 amide bonds. The number of carbonyl (C=O) groups excluding carboxylic acids is 1. The maximum absolute atomic E-state index is 11.4. The molecule has 3 nitrogen and oxygen atoms in total. The van der Waals surface area contributed by atoms with Gasteiger partial charge < -0.3 is 0 Å². The molecule has 0 aliphatic carbocycles. The predicted molar refractivity (Wildman–Crippen MR) is 53.9 cm³/mol. The van der Waals surface area contributed by atoms with Gasteiger partial charge in [0.2, 0.25) is 0 Å². The number of likely N-dealkylation sites (N-methyl/N-ethyl adjacent to an activating group) is 1. The minimum atomic E-state index is 0.0462. The van der Waals surface area contributed by atoms with Gasteiger partial charge in [0, 0.05) is 18.9 Å². The van der Waals surface area contributed by atoms with Crippen molar-refractivity contribution in [2.45, 2.75) is 25.9 Å². The second-order valence-electron chi connectivity index (χ2n) is 3.89. The van der Waals surface area contributed by atoms with Crippen LogP contribution in [0.3, 0.4) is 0 Å². The van der Waals surface area contributed by atoms with E-state index in [2.05, 4.69) is 9.88 Å². The lowest BCUT2D eigenvalue weighted by Gasteiger charge is -2.31. The summed E-state index contributed by atoms with van der Waals surface area (Å²) in [6.45, 7) is 2.49. The van der Waals surface area contributed by atoms with Gasteiger partial charge >= 0.3 is 0 Å². The smallest absolute Gasteiger partial charge is 0.147 e. The van der Waals surface area contributed by atoms with Crippen LogP contribution in [0.4, 0.5) is 0 Å². The molecule has 0 saturated carbocycles. The lowest BCUT2D eigenvalue weighted by atomic mass is 9.94. The molecule has 2 heterocycles. The highest BCUT2D eigenvalue weighted by Gasteiger charge is 2.26. The van der Waals surface area contributed by atoms with E-state index in [-0.39, 0.29) is 11.8 Å². The van der Waals surface area contributed by atoms with Gasteiger partial charge in [-0.3, -0.25) is 14.7 Å². The van der Waals surface area contributed by atoms with E-state index in [1.807, 2.05) is 19.3 Å². The number of aromatic nitrogens is 1. The summed E-state index contributed by atoms with van der Waals surface area (Å²) < 4.78 is 0. The van der Waals surface area contributed by atoms with Crippen LogP contribution in [-0.4, -0.2) is 28.8 Å². The number of hydrogen-bond donors (Lipinski definition) is 0. The molecule has 14 heavy (non-hydrogen) atoms. The average Bonchev–Trinajstić information content (AvgIpc) is 2.16. The number of carbonyl (C=O) groups is 1. The van der Waals surface area contributed by atoms with Crippen LogP contribution >= 0.6 is 0 Å². The minimum absolute atomic E-state index is 0.0462. The largest absolute Gasteiger partial charge is 0.298 e. The summed E-state index contributed by atoms with van der Waals surface area (Å²) in [6.07, 6.45) is 4.51. The molecule has 0 radical (unpaired) electrons. The molecule has 1 unspecified atom stereocenters. The maximum atomic E-state index is 11.4. The first-order chi connectivity index (χ1) is 6.68. The van der Waals surface area contributed by atoms with Crippen molar-refractivity contribution in [2.24, 2.45) is 0 Å². The highest BCUT2D eigenvalue weighted by molar-refractivity contribution is 5.82. The Hall–Kier alpha value is -1.22. The summed E-state index contributed by atoms with van der Waals surface area (Å²) in [7, 11) is 1.99. The lowest BCUT2D eigenvalue weighted by Crippen LogP contribution is -2.42. The van der Waals surface area contributed by atoms with Crippen LogP contribution in [-0.2, 0) is 17.8 Å². The number of rotatable bonds is 1. The molecule has 0 spiro atoms. The number of hydrogen-bond acceptors (Lipinski definition) is 3. The van der Waals surface area contributed by atoms with Crippen LogP contribution in [0.1, 0.15) is 18.1 Å². The first-order valence-corrected chi connectivity index (χ1v) is 4.81. The SMILES string of the molecule is CC(=O)C1Cc2ccncc2CN1C. The first-order valence-electron chi connectivity index (χ1n) is 4.81. The predicted octanol–water partition coefficient (Wildman–Crippen LogP) is 1.03. The van der Waals surface area contributed by atoms with Gasteiger partial charge in [0.1, 0.15) is 5.78 Å². The third kappa shape index (κ3) is 1.55. The van der Waals surface area contributed by atoms with E-state index >= 15 is 0 Å². The molecule has 0 aromatic carbocycles. The summed E-state index contributed by atoms with van der Waals surface area (Å²) in [5.74, 6) is 0.245. The summed E-state index contributed by atoms with van der Waals surface area (Å²) in [4.78, 5) is 17.5. The molecule has 0 fully saturated rings. The van der Waals surface area contributed by atoms with Crippen molar-refractivity contribution in [2.75, 3.05) is 7.05 Å². The standard InChI is InChI=1S/C11H14N2O/c1-8(14)11-5-9-3-4-12-6-10(9)7-13(11)2/h3-4,6,11H,5,7H2,1-2H3. The minimum Gasteiger partial charge on any atom is -0.298 e. The number of fused-ring (bicyclic) bond motifs is 1. The zero-order chi connectivity index (χ0) is 10.1. The summed E-state index contributed by atoms with van der Waals surface area (Å²) in [5.41, 5.74) is 2.51. The Morgan fingerprint density at radius 1 is 1.57 bits per heavy atom. The zero-order valence-corrected chi connectivity index (χ0v) is 8.53. The third-order valence-electron chi connectivity index (χ3n) is 2.84. The Bertz CT molecular complexity index is 362. The Labute approximate surface area is 83.8 Å². The maximum Gasteiger partial charge on any atom is 0.147 e. The van der Waals surface area contributed by atoms with Crippen molar-refractivity contribution in [3.63, 3.8) is 0 Å². The van der Waals surface area contributed by atoms with Crippen molar-refractivity contribution in [3.05, 3.63) is 29.6 Å². The topological polar surface area (TPSA) is 33.2 Å². The van der Waals surface area contributed by atoms with E-state index in [9.17, 15) is 4.79 Å². The molecular weight excluding hydrogens is 176 g/mol. The fourth-order valence-electron chi connectivity index (χ4n) is 1.99. The quantitative estimate of drug-likeness (QED) is 0.663. The zero-order valence-electron chi connectivity index (χ0n) is 8.53. The molecule has 0 bridgehead atoms. The van der Waals surface area contributed by atoms with Gasteiger partial charge in [0.05, 0.1) is 6.04 Å². The fraction of sp³-hybridized carbons (Fsp3) is 0.455. The van der Waals surface area contributed by atoms with Crippen LogP contribution in [0.5, 0.6) is 0 Å². The monoisotopic (exact) mass is 190 g/mol. The van der Waals surface area contributed by atoms with Crippen molar-refractivity contribution in [1.82, 2.24) is 9.88 Å². The molecule has 2 rings (SSSR count). The molecule has 1 atom stereocenters. The Morgan fingerprint density at radius 2 is 2.36 bits per heavy atom. The third-order valence-corrected chi connectivity index (χ3v) is 2.84. The molecular formula is C11H14N2O. The fourth-order valence-corrected chi connectivity index (χ4v) is 1.99. The van der Waals surface area contributed by atoms with Gasteiger partial charge in [-0.05, 0) is 37.6 Å². The van der Waals surface area contributed by atoms with Gasteiger partial charge in [0.25, 0.3) is 0 Å². The van der Waals surface area contributed by atoms with E-state index in [0.29, 0.717) is 0 Å². The highest BCUT2D eigenvalue weighted by Crippen LogP contribution is 2.21. The first kappa shape index (κ1) is 9.34. The summed E-state index contributed by atoms with van der Waals surface area (Å²) in [6, 6.07) is 2.06. The van der Waals surface area contributed by atoms with Crippen molar-refractivity contribution in [3.8, 4) is 0 Å². The Balaban J connectivity index is 2.31. The number of ketones is 1. The van der Waals surface area contributed by atoms with E-state index in [1.165, 1.54) is 11.1 Å². The van der Waals surface area contributed by atoms with Gasteiger partial charge in [-0.25, -0.2) is 0 Å². The normalized spacial score (nSPS) is 21.7. The Kier molecular flexibility index (Phi) is 2.33. The molecule has 0 N–H and O–H groups in total. The number of pyridine rings is 1. The molecule has 1 aromatic rings. The second-order valence-corrected chi connectivity index (χ2v) is 3.89. The van der Waals surface area contributed by atoms with E-state index in [4.69, 9.17) is 0 Å². The van der Waals surface area contributed by atoms with Crippen LogP contribution in [0.15, 0.2) is 18.5 Å². The van der Waals surface area contributed by atoms with Gasteiger partial charge in [0.15, 0.2) is 0 Å². The van der Waals surface area contributed by atoms with Gasteiger partial charge in [-0.2, -0.15) is 0 Å². The van der Waals surface area contributed by atoms with Crippen LogP contribution in [0, 0.1) is 0 Å². The molecule has 3 heteroatoms. The van der Waals surface area contributed by atoms with E-state index < -0.39 is 0 Å². The van der Waals surface area contributed by atoms with E-state index in [0.717, 1.165) is 13.0 Å². The number of Topliss-reactive ketones (excluding diaryl/α,β-unsaturated/α-hetero) is 1. The van der Waals surface area contributed by atoms with E-state index in [1.54, 1.807) is 13.1 Å². The average molecular weight is 190 g/mol. The highest BCUT2D eigenvalue weighted by atomic mass is 16.1. The molecule has 1 aliphatic heterocycles. The summed E-state index contributed by atoms with van der Waals surface area (Å²) in [5, 5.41) is 0. The Morgan fingerprint density at radius 3 is 3.07 bits per heavy atom. The van der Waals surface area contributed by atoms with Crippen LogP contribution in [0.2, 0.25) is 0 Å². The molecule has 1 aliphatic rings. The molecule has 74 valence electrons. The summed E-state index contributed by atoms with van der Waals surface area (Å²) >= 11 is 0. The van der Waals surface area contributed by atoms with Crippen LogP contribution < -0.4 is 0 Å².